The first-order valence-corrected chi connectivity index (χ1v) is 5.58. The summed E-state index contributed by atoms with van der Waals surface area (Å²) in [5.41, 5.74) is 6.55. The second-order valence-corrected chi connectivity index (χ2v) is 4.15. The second-order valence-electron chi connectivity index (χ2n) is 4.15. The fourth-order valence-corrected chi connectivity index (χ4v) is 2.02. The van der Waals surface area contributed by atoms with Crippen LogP contribution in [0.4, 0.5) is 5.69 Å². The summed E-state index contributed by atoms with van der Waals surface area (Å²) in [7, 11) is 0. The number of rotatable bonds is 4. The molecule has 5 nitrogen and oxygen atoms in total. The van der Waals surface area contributed by atoms with Gasteiger partial charge in [0.15, 0.2) is 0 Å². The molecule has 0 saturated carbocycles. The van der Waals surface area contributed by atoms with Crippen molar-refractivity contribution in [2.75, 3.05) is 6.54 Å². The molecule has 2 aromatic rings. The van der Waals surface area contributed by atoms with E-state index in [0.29, 0.717) is 6.54 Å². The number of nitrogens with two attached hydrogens (primary N) is 1. The molecule has 0 aliphatic heterocycles. The van der Waals surface area contributed by atoms with Gasteiger partial charge in [-0.1, -0.05) is 0 Å². The fraction of sp³-hybridized carbons (Fsp3) is 0.333. The van der Waals surface area contributed by atoms with Crippen LogP contribution >= 0.6 is 0 Å². The molecule has 0 aliphatic carbocycles. The third kappa shape index (κ3) is 2.14. The SMILES string of the molecule is CC(CCN)n1ccc2ccc([N+](=O)[O-])cc21. The van der Waals surface area contributed by atoms with Crippen molar-refractivity contribution in [2.24, 2.45) is 5.73 Å². The van der Waals surface area contributed by atoms with Gasteiger partial charge in [-0.15, -0.1) is 0 Å². The van der Waals surface area contributed by atoms with Crippen molar-refractivity contribution in [2.45, 2.75) is 19.4 Å². The Balaban J connectivity index is 2.50. The molecule has 1 aromatic heterocycles. The number of non-ortho nitro benzene ring substituents is 1. The zero-order valence-corrected chi connectivity index (χ0v) is 9.67. The van der Waals surface area contributed by atoms with Gasteiger partial charge in [-0.2, -0.15) is 0 Å². The van der Waals surface area contributed by atoms with Crippen LogP contribution in [0.5, 0.6) is 0 Å². The zero-order chi connectivity index (χ0) is 12.4. The lowest BCUT2D eigenvalue weighted by Crippen LogP contribution is -2.10. The summed E-state index contributed by atoms with van der Waals surface area (Å²) in [6.07, 6.45) is 2.81. The summed E-state index contributed by atoms with van der Waals surface area (Å²) in [6, 6.07) is 7.13. The van der Waals surface area contributed by atoms with Crippen molar-refractivity contribution in [1.29, 1.82) is 0 Å². The first kappa shape index (κ1) is 11.6. The van der Waals surface area contributed by atoms with Crippen LogP contribution < -0.4 is 5.73 Å². The van der Waals surface area contributed by atoms with E-state index in [1.807, 2.05) is 16.8 Å². The number of benzene rings is 1. The minimum absolute atomic E-state index is 0.123. The highest BCUT2D eigenvalue weighted by atomic mass is 16.6. The van der Waals surface area contributed by atoms with E-state index < -0.39 is 0 Å². The van der Waals surface area contributed by atoms with Gasteiger partial charge in [0.05, 0.1) is 10.4 Å². The highest BCUT2D eigenvalue weighted by molar-refractivity contribution is 5.82. The number of aromatic nitrogens is 1. The molecule has 2 N–H and O–H groups in total. The van der Waals surface area contributed by atoms with Gasteiger partial charge in [-0.05, 0) is 32.0 Å². The molecule has 1 heterocycles. The highest BCUT2D eigenvalue weighted by Gasteiger charge is 2.11. The molecule has 0 aliphatic rings. The summed E-state index contributed by atoms with van der Waals surface area (Å²) in [4.78, 5) is 10.4. The summed E-state index contributed by atoms with van der Waals surface area (Å²) >= 11 is 0. The molecule has 5 heteroatoms. The number of hydrogen-bond donors (Lipinski definition) is 1. The van der Waals surface area contributed by atoms with Crippen molar-refractivity contribution in [3.63, 3.8) is 0 Å². The van der Waals surface area contributed by atoms with Crippen LogP contribution in [-0.4, -0.2) is 16.0 Å². The maximum Gasteiger partial charge on any atom is 0.271 e. The molecular formula is C12H15N3O2. The Kier molecular flexibility index (Phi) is 3.10. The molecule has 0 spiro atoms. The van der Waals surface area contributed by atoms with E-state index in [4.69, 9.17) is 5.73 Å². The molecule has 0 radical (unpaired) electrons. The molecule has 1 atom stereocenters. The number of nitro benzene ring substituents is 1. The van der Waals surface area contributed by atoms with E-state index in [0.717, 1.165) is 17.3 Å². The van der Waals surface area contributed by atoms with Crippen LogP contribution in [0.1, 0.15) is 19.4 Å². The Hall–Kier alpha value is -1.88. The molecule has 1 unspecified atom stereocenters. The van der Waals surface area contributed by atoms with E-state index in [2.05, 4.69) is 6.92 Å². The van der Waals surface area contributed by atoms with E-state index in [9.17, 15) is 10.1 Å². The molecular weight excluding hydrogens is 218 g/mol. The number of nitrogens with zero attached hydrogens (tertiary/aromatic N) is 2. The minimum Gasteiger partial charge on any atom is -0.344 e. The van der Waals surface area contributed by atoms with Crippen LogP contribution in [-0.2, 0) is 0 Å². The lowest BCUT2D eigenvalue weighted by atomic mass is 10.2. The molecule has 0 amide bonds. The maximum absolute atomic E-state index is 10.7. The number of nitro groups is 1. The predicted octanol–water partition coefficient (Wildman–Crippen LogP) is 2.46. The van der Waals surface area contributed by atoms with Gasteiger partial charge in [-0.25, -0.2) is 0 Å². The Bertz CT molecular complexity index is 548. The van der Waals surface area contributed by atoms with E-state index in [-0.39, 0.29) is 16.7 Å². The first-order valence-electron chi connectivity index (χ1n) is 5.58. The number of fused-ring (bicyclic) bond motifs is 1. The average Bonchev–Trinajstić information content (AvgIpc) is 2.71. The lowest BCUT2D eigenvalue weighted by molar-refractivity contribution is -0.384. The molecule has 0 fully saturated rings. The molecule has 2 rings (SSSR count). The average molecular weight is 233 g/mol. The van der Waals surface area contributed by atoms with Crippen LogP contribution in [0.2, 0.25) is 0 Å². The largest absolute Gasteiger partial charge is 0.344 e. The minimum atomic E-state index is -0.371. The van der Waals surface area contributed by atoms with Gasteiger partial charge in [0.25, 0.3) is 5.69 Å². The quantitative estimate of drug-likeness (QED) is 0.651. The third-order valence-electron chi connectivity index (χ3n) is 2.98. The zero-order valence-electron chi connectivity index (χ0n) is 9.67. The number of hydrogen-bond acceptors (Lipinski definition) is 3. The normalized spacial score (nSPS) is 12.8. The highest BCUT2D eigenvalue weighted by Crippen LogP contribution is 2.25. The van der Waals surface area contributed by atoms with Crippen molar-refractivity contribution >= 4 is 16.6 Å². The monoisotopic (exact) mass is 233 g/mol. The Labute approximate surface area is 99.0 Å². The molecule has 0 saturated heterocycles. The first-order chi connectivity index (χ1) is 8.13. The van der Waals surface area contributed by atoms with Gasteiger partial charge < -0.3 is 10.3 Å². The van der Waals surface area contributed by atoms with Gasteiger partial charge in [0.2, 0.25) is 0 Å². The van der Waals surface area contributed by atoms with Crippen molar-refractivity contribution in [3.05, 3.63) is 40.6 Å². The molecule has 17 heavy (non-hydrogen) atoms. The van der Waals surface area contributed by atoms with Crippen molar-refractivity contribution < 1.29 is 4.92 Å². The van der Waals surface area contributed by atoms with Crippen LogP contribution in [0, 0.1) is 10.1 Å². The van der Waals surface area contributed by atoms with Crippen LogP contribution in [0.25, 0.3) is 10.9 Å². The topological polar surface area (TPSA) is 74.1 Å². The third-order valence-corrected chi connectivity index (χ3v) is 2.98. The van der Waals surface area contributed by atoms with E-state index in [1.165, 1.54) is 6.07 Å². The second kappa shape index (κ2) is 4.55. The molecule has 1 aromatic carbocycles. The predicted molar refractivity (Wildman–Crippen MR) is 67.0 cm³/mol. The summed E-state index contributed by atoms with van der Waals surface area (Å²) in [5.74, 6) is 0. The fourth-order valence-electron chi connectivity index (χ4n) is 2.02. The summed E-state index contributed by atoms with van der Waals surface area (Å²) in [6.45, 7) is 2.67. The summed E-state index contributed by atoms with van der Waals surface area (Å²) < 4.78 is 2.04. The van der Waals surface area contributed by atoms with Gasteiger partial charge in [0.1, 0.15) is 0 Å². The Morgan fingerprint density at radius 1 is 1.47 bits per heavy atom. The smallest absolute Gasteiger partial charge is 0.271 e. The Morgan fingerprint density at radius 2 is 2.24 bits per heavy atom. The molecule has 90 valence electrons. The maximum atomic E-state index is 10.7. The van der Waals surface area contributed by atoms with Crippen molar-refractivity contribution in [3.8, 4) is 0 Å². The molecule has 0 bridgehead atoms. The van der Waals surface area contributed by atoms with Crippen molar-refractivity contribution in [1.82, 2.24) is 4.57 Å². The Morgan fingerprint density at radius 3 is 2.88 bits per heavy atom. The standard InChI is InChI=1S/C12H15N3O2/c1-9(4-6-13)14-7-5-10-2-3-11(15(16)17)8-12(10)14/h2-3,5,7-9H,4,6,13H2,1H3. The lowest BCUT2D eigenvalue weighted by Gasteiger charge is -2.13. The van der Waals surface area contributed by atoms with Crippen LogP contribution in [0.15, 0.2) is 30.5 Å². The summed E-state index contributed by atoms with van der Waals surface area (Å²) in [5, 5.41) is 11.8. The van der Waals surface area contributed by atoms with E-state index in [1.54, 1.807) is 12.1 Å². The van der Waals surface area contributed by atoms with Gasteiger partial charge in [0, 0.05) is 29.8 Å². The van der Waals surface area contributed by atoms with Gasteiger partial charge >= 0.3 is 0 Å². The van der Waals surface area contributed by atoms with Gasteiger partial charge in [-0.3, -0.25) is 10.1 Å². The van der Waals surface area contributed by atoms with E-state index >= 15 is 0 Å². The van der Waals surface area contributed by atoms with Crippen LogP contribution in [0.3, 0.4) is 0 Å².